The highest BCUT2D eigenvalue weighted by Gasteiger charge is 2.02. The fraction of sp³-hybridized carbons (Fsp3) is 0. The van der Waals surface area contributed by atoms with Crippen molar-refractivity contribution in [3.8, 4) is 11.8 Å². The van der Waals surface area contributed by atoms with E-state index in [1.807, 2.05) is 12.3 Å². The molecule has 0 spiro atoms. The largest absolute Gasteiger partial charge is 0.398 e. The number of halogens is 1. The van der Waals surface area contributed by atoms with Gasteiger partial charge >= 0.3 is 0 Å². The van der Waals surface area contributed by atoms with Crippen LogP contribution in [0.15, 0.2) is 35.1 Å². The third kappa shape index (κ3) is 1.85. The summed E-state index contributed by atoms with van der Waals surface area (Å²) in [7, 11) is 0. The van der Waals surface area contributed by atoms with Gasteiger partial charge in [0.2, 0.25) is 0 Å². The first-order valence-corrected chi connectivity index (χ1v) is 5.00. The molecule has 0 atom stereocenters. The van der Waals surface area contributed by atoms with Crippen molar-refractivity contribution >= 4 is 21.6 Å². The van der Waals surface area contributed by atoms with E-state index in [2.05, 4.69) is 21.0 Å². The van der Waals surface area contributed by atoms with E-state index in [0.29, 0.717) is 11.3 Å². The molecule has 0 saturated heterocycles. The van der Waals surface area contributed by atoms with E-state index in [1.165, 1.54) is 0 Å². The summed E-state index contributed by atoms with van der Waals surface area (Å²) >= 11 is 3.31. The molecule has 0 aliphatic heterocycles. The van der Waals surface area contributed by atoms with Crippen molar-refractivity contribution in [3.63, 3.8) is 0 Å². The Kier molecular flexibility index (Phi) is 2.44. The van der Waals surface area contributed by atoms with Crippen LogP contribution in [0.2, 0.25) is 0 Å². The quantitative estimate of drug-likeness (QED) is 0.801. The van der Waals surface area contributed by atoms with Crippen LogP contribution in [0.5, 0.6) is 0 Å². The zero-order valence-electron chi connectivity index (χ0n) is 7.68. The third-order valence-electron chi connectivity index (χ3n) is 1.97. The van der Waals surface area contributed by atoms with Crippen molar-refractivity contribution in [1.82, 2.24) is 9.78 Å². The van der Waals surface area contributed by atoms with Gasteiger partial charge < -0.3 is 5.73 Å². The second kappa shape index (κ2) is 3.75. The molecule has 0 radical (unpaired) electrons. The maximum Gasteiger partial charge on any atom is 0.101 e. The predicted octanol–water partition coefficient (Wildman–Crippen LogP) is 2.09. The number of anilines is 1. The Morgan fingerprint density at radius 3 is 2.80 bits per heavy atom. The lowest BCUT2D eigenvalue weighted by atomic mass is 10.2. The summed E-state index contributed by atoms with van der Waals surface area (Å²) in [6.45, 7) is 0. The van der Waals surface area contributed by atoms with Gasteiger partial charge in [0.15, 0.2) is 0 Å². The fourth-order valence-corrected chi connectivity index (χ4v) is 1.52. The van der Waals surface area contributed by atoms with Gasteiger partial charge in [0.25, 0.3) is 0 Å². The normalized spacial score (nSPS) is 9.87. The molecule has 0 amide bonds. The molecular weight excluding hydrogens is 256 g/mol. The van der Waals surface area contributed by atoms with Crippen molar-refractivity contribution in [2.24, 2.45) is 0 Å². The Balaban J connectivity index is 2.48. The minimum Gasteiger partial charge on any atom is -0.398 e. The van der Waals surface area contributed by atoms with Gasteiger partial charge in [0.05, 0.1) is 27.6 Å². The average Bonchev–Trinajstić information content (AvgIpc) is 2.65. The standard InChI is InChI=1S/C10H7BrN4/c11-8-5-14-15(6-8)9-2-1-7(4-12)10(13)3-9/h1-3,5-6H,13H2. The lowest BCUT2D eigenvalue weighted by molar-refractivity contribution is 0.880. The number of nitrogen functional groups attached to an aromatic ring is 1. The van der Waals surface area contributed by atoms with Crippen LogP contribution >= 0.6 is 15.9 Å². The summed E-state index contributed by atoms with van der Waals surface area (Å²) < 4.78 is 2.58. The monoisotopic (exact) mass is 262 g/mol. The maximum absolute atomic E-state index is 8.72. The molecule has 0 aliphatic carbocycles. The van der Waals surface area contributed by atoms with E-state index in [0.717, 1.165) is 10.2 Å². The fourth-order valence-electron chi connectivity index (χ4n) is 1.24. The van der Waals surface area contributed by atoms with Crippen molar-refractivity contribution in [2.75, 3.05) is 5.73 Å². The minimum absolute atomic E-state index is 0.460. The number of nitrogens with zero attached hydrogens (tertiary/aromatic N) is 3. The molecule has 74 valence electrons. The van der Waals surface area contributed by atoms with Crippen LogP contribution < -0.4 is 5.73 Å². The molecule has 0 aliphatic rings. The Morgan fingerprint density at radius 2 is 2.27 bits per heavy atom. The smallest absolute Gasteiger partial charge is 0.101 e. The van der Waals surface area contributed by atoms with Crippen LogP contribution in [0.3, 0.4) is 0 Å². The van der Waals surface area contributed by atoms with Crippen molar-refractivity contribution in [2.45, 2.75) is 0 Å². The zero-order valence-corrected chi connectivity index (χ0v) is 9.27. The van der Waals surface area contributed by atoms with Gasteiger partial charge in [-0.05, 0) is 34.1 Å². The van der Waals surface area contributed by atoms with Crippen LogP contribution in [-0.2, 0) is 0 Å². The van der Waals surface area contributed by atoms with Crippen LogP contribution in [0.4, 0.5) is 5.69 Å². The summed E-state index contributed by atoms with van der Waals surface area (Å²) in [5.41, 5.74) is 7.47. The van der Waals surface area contributed by atoms with Crippen LogP contribution in [-0.4, -0.2) is 9.78 Å². The van der Waals surface area contributed by atoms with E-state index in [9.17, 15) is 0 Å². The molecule has 2 rings (SSSR count). The Morgan fingerprint density at radius 1 is 1.47 bits per heavy atom. The van der Waals surface area contributed by atoms with Crippen LogP contribution in [0, 0.1) is 11.3 Å². The molecule has 1 aromatic carbocycles. The number of hydrogen-bond acceptors (Lipinski definition) is 3. The van der Waals surface area contributed by atoms with Crippen molar-refractivity contribution in [1.29, 1.82) is 5.26 Å². The molecule has 2 aromatic rings. The van der Waals surface area contributed by atoms with E-state index in [1.54, 1.807) is 29.1 Å². The Hall–Kier alpha value is -1.80. The highest BCUT2D eigenvalue weighted by atomic mass is 79.9. The number of nitriles is 1. The number of benzene rings is 1. The second-order valence-electron chi connectivity index (χ2n) is 2.99. The summed E-state index contributed by atoms with van der Waals surface area (Å²) in [6, 6.07) is 7.22. The lowest BCUT2D eigenvalue weighted by Gasteiger charge is -2.03. The van der Waals surface area contributed by atoms with E-state index in [4.69, 9.17) is 11.0 Å². The van der Waals surface area contributed by atoms with Gasteiger partial charge in [-0.3, -0.25) is 0 Å². The van der Waals surface area contributed by atoms with Gasteiger partial charge in [-0.15, -0.1) is 0 Å². The van der Waals surface area contributed by atoms with Gasteiger partial charge in [0, 0.05) is 6.20 Å². The Labute approximate surface area is 95.1 Å². The highest BCUT2D eigenvalue weighted by molar-refractivity contribution is 9.10. The molecule has 0 fully saturated rings. The highest BCUT2D eigenvalue weighted by Crippen LogP contribution is 2.17. The number of nitrogens with two attached hydrogens (primary N) is 1. The molecule has 0 saturated carbocycles. The first-order chi connectivity index (χ1) is 7.20. The van der Waals surface area contributed by atoms with Gasteiger partial charge in [-0.25, -0.2) is 4.68 Å². The zero-order chi connectivity index (χ0) is 10.8. The molecule has 0 bridgehead atoms. The third-order valence-corrected chi connectivity index (χ3v) is 2.38. The van der Waals surface area contributed by atoms with Gasteiger partial charge in [-0.2, -0.15) is 10.4 Å². The predicted molar refractivity (Wildman–Crippen MR) is 60.4 cm³/mol. The van der Waals surface area contributed by atoms with Gasteiger partial charge in [-0.1, -0.05) is 0 Å². The minimum atomic E-state index is 0.460. The molecule has 1 heterocycles. The molecule has 4 nitrogen and oxygen atoms in total. The van der Waals surface area contributed by atoms with E-state index < -0.39 is 0 Å². The topological polar surface area (TPSA) is 67.6 Å². The maximum atomic E-state index is 8.72. The number of hydrogen-bond donors (Lipinski definition) is 1. The van der Waals surface area contributed by atoms with Gasteiger partial charge in [0.1, 0.15) is 6.07 Å². The van der Waals surface area contributed by atoms with Crippen molar-refractivity contribution in [3.05, 3.63) is 40.6 Å². The second-order valence-corrected chi connectivity index (χ2v) is 3.90. The van der Waals surface area contributed by atoms with E-state index in [-0.39, 0.29) is 0 Å². The molecule has 1 aromatic heterocycles. The summed E-state index contributed by atoms with van der Waals surface area (Å²) in [5.74, 6) is 0. The van der Waals surface area contributed by atoms with Crippen LogP contribution in [0.1, 0.15) is 5.56 Å². The molecule has 5 heteroatoms. The first-order valence-electron chi connectivity index (χ1n) is 4.21. The lowest BCUT2D eigenvalue weighted by Crippen LogP contribution is -1.97. The summed E-state index contributed by atoms with van der Waals surface area (Å²) in [5, 5.41) is 12.8. The van der Waals surface area contributed by atoms with Crippen LogP contribution in [0.25, 0.3) is 5.69 Å². The molecule has 2 N–H and O–H groups in total. The molecular formula is C10H7BrN4. The molecule has 15 heavy (non-hydrogen) atoms. The number of rotatable bonds is 1. The summed E-state index contributed by atoms with van der Waals surface area (Å²) in [4.78, 5) is 0. The Bertz CT molecular complexity index is 539. The van der Waals surface area contributed by atoms with Crippen molar-refractivity contribution < 1.29 is 0 Å². The van der Waals surface area contributed by atoms with E-state index >= 15 is 0 Å². The number of aromatic nitrogens is 2. The summed E-state index contributed by atoms with van der Waals surface area (Å²) in [6.07, 6.45) is 3.51. The first kappa shape index (κ1) is 9.74. The SMILES string of the molecule is N#Cc1ccc(-n2cc(Br)cn2)cc1N. The molecule has 0 unspecified atom stereocenters. The average molecular weight is 263 g/mol.